The fourth-order valence-electron chi connectivity index (χ4n) is 4.46. The molecule has 1 aromatic heterocycles. The van der Waals surface area contributed by atoms with Gasteiger partial charge < -0.3 is 14.9 Å². The van der Waals surface area contributed by atoms with E-state index in [2.05, 4.69) is 13.8 Å². The number of hydrogen-bond donors (Lipinski definition) is 1. The summed E-state index contributed by atoms with van der Waals surface area (Å²) < 4.78 is 11.6. The van der Waals surface area contributed by atoms with Crippen molar-refractivity contribution in [1.82, 2.24) is 0 Å². The van der Waals surface area contributed by atoms with Crippen LogP contribution < -0.4 is 5.73 Å². The van der Waals surface area contributed by atoms with Gasteiger partial charge in [-0.2, -0.15) is 0 Å². The van der Waals surface area contributed by atoms with Crippen molar-refractivity contribution in [3.05, 3.63) is 23.2 Å². The van der Waals surface area contributed by atoms with Gasteiger partial charge in [0.25, 0.3) is 0 Å². The molecule has 3 rings (SSSR count). The Morgan fingerprint density at radius 2 is 2.16 bits per heavy atom. The van der Waals surface area contributed by atoms with Crippen molar-refractivity contribution in [3.8, 4) is 0 Å². The van der Waals surface area contributed by atoms with Crippen LogP contribution in [0.5, 0.6) is 0 Å². The van der Waals surface area contributed by atoms with Crippen molar-refractivity contribution in [2.24, 2.45) is 23.0 Å². The fraction of sp³-hybridized carbons (Fsp3) is 0.700. The van der Waals surface area contributed by atoms with E-state index >= 15 is 0 Å². The molecule has 5 heteroatoms. The van der Waals surface area contributed by atoms with E-state index in [1.165, 1.54) is 0 Å². The number of rotatable bonds is 3. The Kier molecular flexibility index (Phi) is 4.34. The predicted molar refractivity (Wildman–Crippen MR) is 94.1 cm³/mol. The van der Waals surface area contributed by atoms with Crippen LogP contribution in [0, 0.1) is 24.2 Å². The van der Waals surface area contributed by atoms with Crippen LogP contribution >= 0.6 is 0 Å². The number of carbonyl (C=O) groups excluding carboxylic acids is 2. The molecule has 0 bridgehead atoms. The molecule has 0 spiro atoms. The lowest BCUT2D eigenvalue weighted by molar-refractivity contribution is -0.172. The van der Waals surface area contributed by atoms with Gasteiger partial charge in [0.05, 0.1) is 6.26 Å². The minimum Gasteiger partial charge on any atom is -0.461 e. The predicted octanol–water partition coefficient (Wildman–Crippen LogP) is 3.94. The number of aryl methyl sites for hydroxylation is 1. The minimum atomic E-state index is -1.04. The zero-order valence-corrected chi connectivity index (χ0v) is 15.8. The van der Waals surface area contributed by atoms with Gasteiger partial charge in [-0.3, -0.25) is 9.59 Å². The highest BCUT2D eigenvalue weighted by atomic mass is 16.5. The highest BCUT2D eigenvalue weighted by Gasteiger charge is 2.58. The lowest BCUT2D eigenvalue weighted by atomic mass is 9.54. The standard InChI is InChI=1S/C20H29NO4/c1-6-19(4,21)18(23)25-17-14-11(2)10-24-16(14)15(22)13-9-7-8-12(3)20(13,17)5/h10,12-13,17H,6-9,21H2,1-5H3/t12-,13-,17+,19-,20+/m0/s1. The lowest BCUT2D eigenvalue weighted by Gasteiger charge is -2.52. The molecule has 1 saturated carbocycles. The van der Waals surface area contributed by atoms with Gasteiger partial charge in [0.2, 0.25) is 5.78 Å². The molecular weight excluding hydrogens is 318 g/mol. The maximum atomic E-state index is 13.0. The second-order valence-electron chi connectivity index (χ2n) is 8.33. The Morgan fingerprint density at radius 3 is 2.80 bits per heavy atom. The molecule has 2 aliphatic rings. The third-order valence-electron chi connectivity index (χ3n) is 6.76. The van der Waals surface area contributed by atoms with Crippen LogP contribution in [0.25, 0.3) is 0 Å². The Hall–Kier alpha value is -1.62. The van der Waals surface area contributed by atoms with Gasteiger partial charge in [-0.15, -0.1) is 0 Å². The van der Waals surface area contributed by atoms with E-state index in [-0.39, 0.29) is 17.6 Å². The Balaban J connectivity index is 2.11. The van der Waals surface area contributed by atoms with Gasteiger partial charge in [-0.1, -0.05) is 27.2 Å². The molecule has 1 aromatic rings. The van der Waals surface area contributed by atoms with Crippen molar-refractivity contribution < 1.29 is 18.7 Å². The van der Waals surface area contributed by atoms with Crippen LogP contribution in [0.15, 0.2) is 10.7 Å². The summed E-state index contributed by atoms with van der Waals surface area (Å²) >= 11 is 0. The molecule has 0 unspecified atom stereocenters. The number of esters is 1. The number of furan rings is 1. The summed E-state index contributed by atoms with van der Waals surface area (Å²) in [5.74, 6) is 0.0788. The third-order valence-corrected chi connectivity index (χ3v) is 6.76. The Morgan fingerprint density at radius 1 is 1.48 bits per heavy atom. The van der Waals surface area contributed by atoms with Crippen LogP contribution in [0.4, 0.5) is 0 Å². The summed E-state index contributed by atoms with van der Waals surface area (Å²) in [7, 11) is 0. The summed E-state index contributed by atoms with van der Waals surface area (Å²) in [5.41, 5.74) is 6.23. The Labute approximate surface area is 149 Å². The maximum absolute atomic E-state index is 13.0. The molecule has 25 heavy (non-hydrogen) atoms. The average Bonchev–Trinajstić information content (AvgIpc) is 2.95. The van der Waals surface area contributed by atoms with Crippen molar-refractivity contribution in [3.63, 3.8) is 0 Å². The van der Waals surface area contributed by atoms with E-state index in [9.17, 15) is 9.59 Å². The summed E-state index contributed by atoms with van der Waals surface area (Å²) in [6.07, 6.45) is 4.42. The quantitative estimate of drug-likeness (QED) is 0.838. The van der Waals surface area contributed by atoms with E-state index in [1.807, 2.05) is 13.8 Å². The van der Waals surface area contributed by atoms with Crippen molar-refractivity contribution >= 4 is 11.8 Å². The number of ether oxygens (including phenoxy) is 1. The first-order valence-electron chi connectivity index (χ1n) is 9.26. The number of hydrogen-bond acceptors (Lipinski definition) is 5. The largest absolute Gasteiger partial charge is 0.461 e. The maximum Gasteiger partial charge on any atom is 0.326 e. The number of fused-ring (bicyclic) bond motifs is 2. The molecule has 1 fully saturated rings. The highest BCUT2D eigenvalue weighted by Crippen LogP contribution is 2.59. The molecule has 0 amide bonds. The number of Topliss-reactive ketones (excluding diaryl/α,β-unsaturated/α-hetero) is 1. The van der Waals surface area contributed by atoms with Gasteiger partial charge in [0.15, 0.2) is 5.76 Å². The summed E-state index contributed by atoms with van der Waals surface area (Å²) in [6.45, 7) is 9.70. The van der Waals surface area contributed by atoms with Crippen molar-refractivity contribution in [1.29, 1.82) is 0 Å². The first kappa shape index (κ1) is 18.2. The minimum absolute atomic E-state index is 0.0513. The summed E-state index contributed by atoms with van der Waals surface area (Å²) in [5, 5.41) is 0. The van der Waals surface area contributed by atoms with E-state index in [4.69, 9.17) is 14.9 Å². The molecule has 2 aliphatic carbocycles. The van der Waals surface area contributed by atoms with E-state index in [1.54, 1.807) is 13.2 Å². The first-order chi connectivity index (χ1) is 11.6. The molecule has 2 N–H and O–H groups in total. The van der Waals surface area contributed by atoms with Gasteiger partial charge in [0.1, 0.15) is 11.6 Å². The van der Waals surface area contributed by atoms with Crippen molar-refractivity contribution in [2.45, 2.75) is 71.9 Å². The molecular formula is C20H29NO4. The van der Waals surface area contributed by atoms with Gasteiger partial charge in [-0.05, 0) is 44.6 Å². The highest BCUT2D eigenvalue weighted by molar-refractivity contribution is 5.99. The van der Waals surface area contributed by atoms with Crippen LogP contribution in [0.3, 0.4) is 0 Å². The number of carbonyl (C=O) groups is 2. The second kappa shape index (κ2) is 5.97. The molecule has 5 atom stereocenters. The van der Waals surface area contributed by atoms with E-state index in [0.29, 0.717) is 12.2 Å². The smallest absolute Gasteiger partial charge is 0.326 e. The molecule has 5 nitrogen and oxygen atoms in total. The fourth-order valence-corrected chi connectivity index (χ4v) is 4.46. The van der Waals surface area contributed by atoms with Gasteiger partial charge in [0, 0.05) is 16.9 Å². The normalized spacial score (nSPS) is 34.0. The summed E-state index contributed by atoms with van der Waals surface area (Å²) in [6, 6.07) is 0. The average molecular weight is 347 g/mol. The van der Waals surface area contributed by atoms with Crippen LogP contribution in [-0.2, 0) is 9.53 Å². The zero-order chi connectivity index (χ0) is 18.6. The third kappa shape index (κ3) is 2.55. The van der Waals surface area contributed by atoms with Gasteiger partial charge in [-0.25, -0.2) is 0 Å². The molecule has 138 valence electrons. The van der Waals surface area contributed by atoms with Crippen LogP contribution in [-0.4, -0.2) is 17.3 Å². The monoisotopic (exact) mass is 347 g/mol. The molecule has 0 aromatic carbocycles. The van der Waals surface area contributed by atoms with Crippen LogP contribution in [0.2, 0.25) is 0 Å². The molecule has 0 radical (unpaired) electrons. The number of ketones is 1. The van der Waals surface area contributed by atoms with Crippen molar-refractivity contribution in [2.75, 3.05) is 0 Å². The van der Waals surface area contributed by atoms with Crippen LogP contribution in [0.1, 0.15) is 81.2 Å². The molecule has 0 aliphatic heterocycles. The SMILES string of the molecule is CC[C@](C)(N)C(=O)O[C@@H]1c2c(C)coc2C(=O)[C@@H]2CCC[C@H](C)[C@@]12C. The van der Waals surface area contributed by atoms with E-state index in [0.717, 1.165) is 30.4 Å². The lowest BCUT2D eigenvalue weighted by Crippen LogP contribution is -2.53. The first-order valence-corrected chi connectivity index (χ1v) is 9.26. The second-order valence-corrected chi connectivity index (χ2v) is 8.33. The summed E-state index contributed by atoms with van der Waals surface area (Å²) in [4.78, 5) is 25.8. The molecule has 0 saturated heterocycles. The number of nitrogens with two attached hydrogens (primary N) is 1. The van der Waals surface area contributed by atoms with Gasteiger partial charge >= 0.3 is 5.97 Å². The van der Waals surface area contributed by atoms with E-state index < -0.39 is 23.0 Å². The zero-order valence-electron chi connectivity index (χ0n) is 15.8. The topological polar surface area (TPSA) is 82.5 Å². The Bertz CT molecular complexity index is 705. The molecule has 1 heterocycles.